The minimum Gasteiger partial charge on any atom is -0.344 e. The van der Waals surface area contributed by atoms with Crippen LogP contribution in [0.5, 0.6) is 0 Å². The number of hydrogen-bond acceptors (Lipinski definition) is 3. The van der Waals surface area contributed by atoms with Crippen molar-refractivity contribution in [3.63, 3.8) is 0 Å². The van der Waals surface area contributed by atoms with E-state index in [1.807, 2.05) is 46.5 Å². The quantitative estimate of drug-likeness (QED) is 0.924. The SMILES string of the molecule is Cc1nn(C)c(C)c1C(C)NC(=O)c1c(C)ncn1C. The smallest absolute Gasteiger partial charge is 0.270 e. The summed E-state index contributed by atoms with van der Waals surface area (Å²) in [5, 5.41) is 7.41. The van der Waals surface area contributed by atoms with Gasteiger partial charge in [-0.1, -0.05) is 0 Å². The fourth-order valence-electron chi connectivity index (χ4n) is 2.63. The molecule has 0 fully saturated rings. The molecular weight excluding hydrogens is 254 g/mol. The molecule has 2 aromatic rings. The van der Waals surface area contributed by atoms with Crippen LogP contribution in [-0.2, 0) is 14.1 Å². The van der Waals surface area contributed by atoms with Crippen LogP contribution in [-0.4, -0.2) is 25.2 Å². The molecule has 108 valence electrons. The van der Waals surface area contributed by atoms with Gasteiger partial charge in [-0.05, 0) is 27.7 Å². The van der Waals surface area contributed by atoms with Crippen molar-refractivity contribution in [2.75, 3.05) is 0 Å². The van der Waals surface area contributed by atoms with Gasteiger partial charge in [-0.2, -0.15) is 5.10 Å². The molecule has 20 heavy (non-hydrogen) atoms. The van der Waals surface area contributed by atoms with Gasteiger partial charge in [0.25, 0.3) is 5.91 Å². The molecule has 0 radical (unpaired) electrons. The third-order valence-electron chi connectivity index (χ3n) is 3.68. The Bertz CT molecular complexity index is 633. The maximum atomic E-state index is 12.4. The van der Waals surface area contributed by atoms with Crippen LogP contribution in [0.3, 0.4) is 0 Å². The average molecular weight is 275 g/mol. The fraction of sp³-hybridized carbons (Fsp3) is 0.500. The maximum Gasteiger partial charge on any atom is 0.270 e. The molecule has 1 N–H and O–H groups in total. The number of aromatic nitrogens is 4. The van der Waals surface area contributed by atoms with E-state index in [4.69, 9.17) is 0 Å². The number of nitrogens with one attached hydrogen (secondary N) is 1. The Labute approximate surface area is 118 Å². The summed E-state index contributed by atoms with van der Waals surface area (Å²) in [5.74, 6) is -0.113. The predicted octanol–water partition coefficient (Wildman–Crippen LogP) is 1.57. The Kier molecular flexibility index (Phi) is 3.65. The van der Waals surface area contributed by atoms with Gasteiger partial charge < -0.3 is 9.88 Å². The number of hydrogen-bond donors (Lipinski definition) is 1. The van der Waals surface area contributed by atoms with Gasteiger partial charge in [0.05, 0.1) is 23.8 Å². The van der Waals surface area contributed by atoms with Gasteiger partial charge in [-0.3, -0.25) is 9.48 Å². The molecule has 0 saturated carbocycles. The summed E-state index contributed by atoms with van der Waals surface area (Å²) in [5.41, 5.74) is 4.41. The molecule has 0 aromatic carbocycles. The minimum atomic E-state index is -0.113. The Morgan fingerprint density at radius 2 is 1.90 bits per heavy atom. The van der Waals surface area contributed by atoms with Gasteiger partial charge in [0, 0.05) is 25.4 Å². The molecule has 6 nitrogen and oxygen atoms in total. The topological polar surface area (TPSA) is 64.7 Å². The first-order valence-corrected chi connectivity index (χ1v) is 6.61. The van der Waals surface area contributed by atoms with E-state index in [1.54, 1.807) is 10.9 Å². The lowest BCUT2D eigenvalue weighted by atomic mass is 10.1. The maximum absolute atomic E-state index is 12.4. The van der Waals surface area contributed by atoms with Crippen molar-refractivity contribution in [2.45, 2.75) is 33.7 Å². The Hall–Kier alpha value is -2.11. The second-order valence-electron chi connectivity index (χ2n) is 5.19. The molecule has 0 saturated heterocycles. The molecule has 0 aliphatic carbocycles. The van der Waals surface area contributed by atoms with Gasteiger partial charge in [-0.25, -0.2) is 4.98 Å². The molecule has 6 heteroatoms. The molecule has 0 bridgehead atoms. The number of aryl methyl sites for hydroxylation is 4. The monoisotopic (exact) mass is 275 g/mol. The molecule has 1 amide bonds. The molecule has 2 rings (SSSR count). The zero-order valence-electron chi connectivity index (χ0n) is 12.9. The van der Waals surface area contributed by atoms with Crippen LogP contribution in [0, 0.1) is 20.8 Å². The number of carbonyl (C=O) groups excluding carboxylic acids is 1. The van der Waals surface area contributed by atoms with E-state index in [0.717, 1.165) is 22.6 Å². The van der Waals surface area contributed by atoms with Crippen LogP contribution in [0.1, 0.15) is 46.1 Å². The average Bonchev–Trinajstić information content (AvgIpc) is 2.80. The van der Waals surface area contributed by atoms with E-state index in [-0.39, 0.29) is 11.9 Å². The highest BCUT2D eigenvalue weighted by molar-refractivity contribution is 5.93. The summed E-state index contributed by atoms with van der Waals surface area (Å²) >= 11 is 0. The summed E-state index contributed by atoms with van der Waals surface area (Å²) in [6.45, 7) is 7.77. The third-order valence-corrected chi connectivity index (χ3v) is 3.68. The van der Waals surface area contributed by atoms with E-state index in [0.29, 0.717) is 5.69 Å². The highest BCUT2D eigenvalue weighted by Crippen LogP contribution is 2.21. The highest BCUT2D eigenvalue weighted by Gasteiger charge is 2.21. The van der Waals surface area contributed by atoms with Crippen molar-refractivity contribution in [1.29, 1.82) is 0 Å². The predicted molar refractivity (Wildman–Crippen MR) is 76.5 cm³/mol. The van der Waals surface area contributed by atoms with Crippen molar-refractivity contribution in [3.8, 4) is 0 Å². The van der Waals surface area contributed by atoms with Gasteiger partial charge in [0.15, 0.2) is 0 Å². The molecule has 0 aliphatic rings. The normalized spacial score (nSPS) is 12.5. The second kappa shape index (κ2) is 5.11. The molecule has 2 aromatic heterocycles. The van der Waals surface area contributed by atoms with E-state index in [1.165, 1.54) is 0 Å². The highest BCUT2D eigenvalue weighted by atomic mass is 16.2. The number of imidazole rings is 1. The molecule has 1 unspecified atom stereocenters. The van der Waals surface area contributed by atoms with Crippen molar-refractivity contribution < 1.29 is 4.79 Å². The first kappa shape index (κ1) is 14.3. The van der Waals surface area contributed by atoms with Crippen molar-refractivity contribution >= 4 is 5.91 Å². The Balaban J connectivity index is 2.24. The number of carbonyl (C=O) groups is 1. The standard InChI is InChI=1S/C14H21N5O/c1-8(12-9(2)17-19(6)11(12)4)16-14(20)13-10(3)15-7-18(13)5/h7-8H,1-6H3,(H,16,20). The van der Waals surface area contributed by atoms with Crippen LogP contribution >= 0.6 is 0 Å². The summed E-state index contributed by atoms with van der Waals surface area (Å²) in [7, 11) is 3.73. The van der Waals surface area contributed by atoms with Crippen molar-refractivity contribution in [2.24, 2.45) is 14.1 Å². The Morgan fingerprint density at radius 3 is 2.35 bits per heavy atom. The van der Waals surface area contributed by atoms with Gasteiger partial charge in [0.2, 0.25) is 0 Å². The van der Waals surface area contributed by atoms with Crippen LogP contribution in [0.2, 0.25) is 0 Å². The van der Waals surface area contributed by atoms with Gasteiger partial charge in [-0.15, -0.1) is 0 Å². The lowest BCUT2D eigenvalue weighted by Crippen LogP contribution is -2.29. The number of rotatable bonds is 3. The minimum absolute atomic E-state index is 0.0921. The van der Waals surface area contributed by atoms with E-state index >= 15 is 0 Å². The van der Waals surface area contributed by atoms with Gasteiger partial charge >= 0.3 is 0 Å². The lowest BCUT2D eigenvalue weighted by molar-refractivity contribution is 0.0931. The largest absolute Gasteiger partial charge is 0.344 e. The van der Waals surface area contributed by atoms with Crippen molar-refractivity contribution in [1.82, 2.24) is 24.6 Å². The number of amides is 1. The zero-order chi connectivity index (χ0) is 15.0. The summed E-state index contributed by atoms with van der Waals surface area (Å²) in [4.78, 5) is 16.5. The molecule has 0 aliphatic heterocycles. The third kappa shape index (κ3) is 2.33. The van der Waals surface area contributed by atoms with Crippen LogP contribution in [0.15, 0.2) is 6.33 Å². The molecule has 1 atom stereocenters. The molecular formula is C14H21N5O. The van der Waals surface area contributed by atoms with E-state index in [9.17, 15) is 4.79 Å². The second-order valence-corrected chi connectivity index (χ2v) is 5.19. The summed E-state index contributed by atoms with van der Waals surface area (Å²) < 4.78 is 3.57. The first-order valence-electron chi connectivity index (χ1n) is 6.61. The van der Waals surface area contributed by atoms with E-state index < -0.39 is 0 Å². The zero-order valence-corrected chi connectivity index (χ0v) is 12.9. The lowest BCUT2D eigenvalue weighted by Gasteiger charge is -2.15. The molecule has 0 spiro atoms. The number of nitrogens with zero attached hydrogens (tertiary/aromatic N) is 4. The first-order chi connectivity index (χ1) is 9.32. The van der Waals surface area contributed by atoms with Crippen LogP contribution < -0.4 is 5.32 Å². The summed E-state index contributed by atoms with van der Waals surface area (Å²) in [6.07, 6.45) is 1.65. The fourth-order valence-corrected chi connectivity index (χ4v) is 2.63. The van der Waals surface area contributed by atoms with Crippen LogP contribution in [0.25, 0.3) is 0 Å². The summed E-state index contributed by atoms with van der Waals surface area (Å²) in [6, 6.07) is -0.0921. The van der Waals surface area contributed by atoms with Gasteiger partial charge in [0.1, 0.15) is 5.69 Å². The molecule has 2 heterocycles. The Morgan fingerprint density at radius 1 is 1.25 bits per heavy atom. The van der Waals surface area contributed by atoms with Crippen LogP contribution in [0.4, 0.5) is 0 Å². The van der Waals surface area contributed by atoms with E-state index in [2.05, 4.69) is 15.4 Å². The van der Waals surface area contributed by atoms with Crippen molar-refractivity contribution in [3.05, 3.63) is 34.7 Å².